The molecule has 1 aliphatic heterocycles. The van der Waals surface area contributed by atoms with Crippen LogP contribution in [0.2, 0.25) is 12.1 Å². The Morgan fingerprint density at radius 3 is 1.76 bits per heavy atom. The number of hydrogen-bond acceptors (Lipinski definition) is 5. The summed E-state index contributed by atoms with van der Waals surface area (Å²) in [7, 11) is 1.46. The van der Waals surface area contributed by atoms with Gasteiger partial charge in [0.1, 0.15) is 15.8 Å². The van der Waals surface area contributed by atoms with E-state index in [0.29, 0.717) is 18.0 Å². The molecule has 0 radical (unpaired) electrons. The van der Waals surface area contributed by atoms with Crippen molar-refractivity contribution in [1.29, 1.82) is 0 Å². The van der Waals surface area contributed by atoms with Crippen molar-refractivity contribution in [1.82, 2.24) is 4.57 Å². The highest BCUT2D eigenvalue weighted by molar-refractivity contribution is 8.13. The Morgan fingerprint density at radius 1 is 0.689 bits per heavy atom. The van der Waals surface area contributed by atoms with Crippen LogP contribution < -0.4 is 0 Å². The maximum atomic E-state index is 12.4. The Kier molecular flexibility index (Phi) is 32.6. The van der Waals surface area contributed by atoms with E-state index in [1.54, 1.807) is 11.8 Å². The summed E-state index contributed by atoms with van der Waals surface area (Å²) in [5, 5.41) is 0.432. The van der Waals surface area contributed by atoms with Crippen molar-refractivity contribution in [2.75, 3.05) is 32.7 Å². The van der Waals surface area contributed by atoms with Gasteiger partial charge in [-0.2, -0.15) is 0 Å². The Labute approximate surface area is 288 Å². The molecule has 1 heterocycles. The van der Waals surface area contributed by atoms with Gasteiger partial charge in [-0.3, -0.25) is 4.79 Å². The van der Waals surface area contributed by atoms with Crippen LogP contribution in [-0.2, 0) is 14.3 Å². The second-order valence-corrected chi connectivity index (χ2v) is 18.7. The molecule has 0 aromatic heterocycles. The van der Waals surface area contributed by atoms with Gasteiger partial charge in [0, 0.05) is 18.8 Å². The molecule has 0 aliphatic carbocycles. The van der Waals surface area contributed by atoms with E-state index < -0.39 is 8.96 Å². The van der Waals surface area contributed by atoms with Gasteiger partial charge in [0.15, 0.2) is 5.12 Å². The fourth-order valence-electron chi connectivity index (χ4n) is 6.77. The fourth-order valence-corrected chi connectivity index (χ4v) is 11.0. The average Bonchev–Trinajstić information content (AvgIpc) is 3.03. The Balaban J connectivity index is 1.91. The highest BCUT2D eigenvalue weighted by Gasteiger charge is 2.22. The summed E-state index contributed by atoms with van der Waals surface area (Å²) in [5.41, 5.74) is 0. The molecule has 0 saturated carbocycles. The molecule has 2 unspecified atom stereocenters. The first-order chi connectivity index (χ1) is 22.2. The van der Waals surface area contributed by atoms with E-state index in [-0.39, 0.29) is 0 Å². The van der Waals surface area contributed by atoms with Gasteiger partial charge in [-0.05, 0) is 57.8 Å². The summed E-state index contributed by atoms with van der Waals surface area (Å²) in [6.07, 6.45) is 37.3. The van der Waals surface area contributed by atoms with Gasteiger partial charge >= 0.3 is 0 Å². The van der Waals surface area contributed by atoms with Crippen LogP contribution in [0, 0.1) is 0 Å². The number of carbonyl (C=O) groups excluding carboxylic acids is 1. The molecular weight excluding hydrogens is 591 g/mol. The van der Waals surface area contributed by atoms with Gasteiger partial charge < -0.3 is 14.0 Å². The molecule has 0 amide bonds. The largest absolute Gasteiger partial charge is 0.355 e. The van der Waals surface area contributed by atoms with Crippen LogP contribution in [0.4, 0.5) is 0 Å². The van der Waals surface area contributed by atoms with Crippen molar-refractivity contribution in [3.05, 3.63) is 0 Å². The number of thioether (sulfide) groups is 1. The van der Waals surface area contributed by atoms with Crippen LogP contribution in [0.3, 0.4) is 0 Å². The third-order valence-corrected chi connectivity index (χ3v) is 14.6. The van der Waals surface area contributed by atoms with E-state index in [1.165, 1.54) is 173 Å². The predicted molar refractivity (Wildman–Crippen MR) is 203 cm³/mol. The summed E-state index contributed by atoms with van der Waals surface area (Å²) in [5.74, 6) is 1.02. The molecule has 0 aromatic rings. The summed E-state index contributed by atoms with van der Waals surface area (Å²) in [6, 6.07) is 2.73. The summed E-state index contributed by atoms with van der Waals surface area (Å²) >= 11 is 1.61. The average molecular weight is 670 g/mol. The summed E-state index contributed by atoms with van der Waals surface area (Å²) in [6.45, 7) is 7.05. The Hall–Kier alpha value is 0.117. The van der Waals surface area contributed by atoms with E-state index >= 15 is 0 Å². The molecule has 2 atom stereocenters. The van der Waals surface area contributed by atoms with Crippen molar-refractivity contribution in [2.45, 2.75) is 212 Å². The van der Waals surface area contributed by atoms with E-state index in [9.17, 15) is 4.79 Å². The lowest BCUT2D eigenvalue weighted by Gasteiger charge is -2.32. The molecule has 1 saturated heterocycles. The lowest BCUT2D eigenvalue weighted by molar-refractivity contribution is -0.111. The third kappa shape index (κ3) is 28.8. The highest BCUT2D eigenvalue weighted by atomic mass is 32.2. The van der Waals surface area contributed by atoms with Gasteiger partial charge in [-0.25, -0.2) is 0 Å². The monoisotopic (exact) mass is 670 g/mol. The molecule has 1 aliphatic rings. The molecule has 4 nitrogen and oxygen atoms in total. The number of hydrogen-bond donors (Lipinski definition) is 0. The third-order valence-electron chi connectivity index (χ3n) is 9.95. The Bertz CT molecular complexity index is 625. The minimum Gasteiger partial charge on any atom is -0.355 e. The van der Waals surface area contributed by atoms with Crippen LogP contribution in [0.5, 0.6) is 0 Å². The van der Waals surface area contributed by atoms with Crippen LogP contribution in [-0.4, -0.2) is 57.5 Å². The van der Waals surface area contributed by atoms with Crippen molar-refractivity contribution in [3.63, 3.8) is 0 Å². The van der Waals surface area contributed by atoms with Crippen molar-refractivity contribution < 1.29 is 14.3 Å². The summed E-state index contributed by atoms with van der Waals surface area (Å²) < 4.78 is 14.6. The lowest BCUT2D eigenvalue weighted by Crippen LogP contribution is -2.40. The number of rotatable bonds is 32. The zero-order valence-corrected chi connectivity index (χ0v) is 32.7. The normalized spacial score (nSPS) is 17.8. The van der Waals surface area contributed by atoms with Crippen molar-refractivity contribution in [2.24, 2.45) is 0 Å². The van der Waals surface area contributed by atoms with Crippen LogP contribution in [0.25, 0.3) is 0 Å². The molecule has 6 heteroatoms. The zero-order valence-electron chi connectivity index (χ0n) is 30.8. The minimum atomic E-state index is -0.879. The first kappa shape index (κ1) is 43.1. The van der Waals surface area contributed by atoms with Crippen LogP contribution >= 0.6 is 11.8 Å². The molecule has 45 heavy (non-hydrogen) atoms. The lowest BCUT2D eigenvalue weighted by atomic mass is 10.0. The second-order valence-electron chi connectivity index (χ2n) is 14.2. The second kappa shape index (κ2) is 34.0. The Morgan fingerprint density at radius 2 is 1.20 bits per heavy atom. The highest BCUT2D eigenvalue weighted by Crippen LogP contribution is 2.22. The maximum absolute atomic E-state index is 12.4. The molecule has 1 fully saturated rings. The SMILES string of the molecule is CCCCCCCCCCCCCCCC(=O)SCCC[SiH]1CCCC(OCOCCCCCCCCCCCC)CCN1C. The molecule has 268 valence electrons. The number of ether oxygens (including phenoxy) is 2. The van der Waals surface area contributed by atoms with Gasteiger partial charge in [0.25, 0.3) is 0 Å². The smallest absolute Gasteiger partial charge is 0.188 e. The standard InChI is InChI=1S/C39H79NO3SSi/c1-4-6-8-10-12-14-16-17-18-19-21-23-25-30-39(41)44-34-28-36-45-35-27-29-38(31-32-40(45)3)43-37-42-33-26-24-22-20-15-13-11-9-7-5-2/h38,45H,4-37H2,1-3H3. The molecular formula is C39H79NO3SSi. The number of unbranched alkanes of at least 4 members (excludes halogenated alkanes) is 21. The number of nitrogens with zero attached hydrogens (tertiary/aromatic N) is 1. The molecule has 0 aromatic carbocycles. The molecule has 0 spiro atoms. The van der Waals surface area contributed by atoms with Crippen LogP contribution in [0.15, 0.2) is 0 Å². The predicted octanol–water partition coefficient (Wildman–Crippen LogP) is 12.2. The van der Waals surface area contributed by atoms with Gasteiger partial charge in [0.05, 0.1) is 6.10 Å². The fraction of sp³-hybridized carbons (Fsp3) is 0.974. The zero-order chi connectivity index (χ0) is 32.5. The van der Waals surface area contributed by atoms with E-state index in [1.807, 2.05) is 0 Å². The van der Waals surface area contributed by atoms with E-state index in [0.717, 1.165) is 38.2 Å². The molecule has 1 rings (SSSR count). The topological polar surface area (TPSA) is 38.8 Å². The maximum Gasteiger partial charge on any atom is 0.188 e. The summed E-state index contributed by atoms with van der Waals surface area (Å²) in [4.78, 5) is 12.4. The van der Waals surface area contributed by atoms with Crippen molar-refractivity contribution >= 4 is 25.8 Å². The molecule has 0 N–H and O–H groups in total. The van der Waals surface area contributed by atoms with Crippen LogP contribution in [0.1, 0.15) is 194 Å². The first-order valence-electron chi connectivity index (χ1n) is 20.2. The van der Waals surface area contributed by atoms with Gasteiger partial charge in [0.2, 0.25) is 0 Å². The quantitative estimate of drug-likeness (QED) is 0.0405. The number of carbonyl (C=O) groups is 1. The van der Waals surface area contributed by atoms with E-state index in [2.05, 4.69) is 25.5 Å². The van der Waals surface area contributed by atoms with Gasteiger partial charge in [-0.1, -0.05) is 167 Å². The van der Waals surface area contributed by atoms with E-state index in [4.69, 9.17) is 9.47 Å². The van der Waals surface area contributed by atoms with Crippen molar-refractivity contribution in [3.8, 4) is 0 Å². The first-order valence-corrected chi connectivity index (χ1v) is 23.4. The van der Waals surface area contributed by atoms with Gasteiger partial charge in [-0.15, -0.1) is 0 Å². The minimum absolute atomic E-state index is 0.355. The molecule has 0 bridgehead atoms.